The molecule has 2 unspecified atom stereocenters. The maximum atomic E-state index is 14.5. The van der Waals surface area contributed by atoms with Crippen LogP contribution in [-0.2, 0) is 20.7 Å². The van der Waals surface area contributed by atoms with Crippen LogP contribution in [0.5, 0.6) is 5.75 Å². The van der Waals surface area contributed by atoms with Crippen molar-refractivity contribution in [2.24, 2.45) is 0 Å². The van der Waals surface area contributed by atoms with Crippen LogP contribution in [-0.4, -0.2) is 48.1 Å². The van der Waals surface area contributed by atoms with Gasteiger partial charge in [0.15, 0.2) is 0 Å². The number of methoxy groups -OCH3 is 1. The zero-order valence-corrected chi connectivity index (χ0v) is 25.5. The van der Waals surface area contributed by atoms with Gasteiger partial charge in [0.25, 0.3) is 5.91 Å². The van der Waals surface area contributed by atoms with Gasteiger partial charge in [0.2, 0.25) is 5.91 Å². The monoisotopic (exact) mass is 573 g/mol. The second-order valence-corrected chi connectivity index (χ2v) is 11.3. The van der Waals surface area contributed by atoms with Crippen molar-refractivity contribution in [3.63, 3.8) is 0 Å². The van der Waals surface area contributed by atoms with Crippen LogP contribution in [0.3, 0.4) is 0 Å². The first-order chi connectivity index (χ1) is 20.0. The fourth-order valence-corrected chi connectivity index (χ4v) is 4.59. The van der Waals surface area contributed by atoms with Crippen molar-refractivity contribution in [1.82, 2.24) is 10.2 Å². The summed E-state index contributed by atoms with van der Waals surface area (Å²) in [7, 11) is 1.58. The van der Waals surface area contributed by atoms with Gasteiger partial charge >= 0.3 is 6.09 Å². The van der Waals surface area contributed by atoms with Crippen LogP contribution in [0.15, 0.2) is 78.9 Å². The number of alkyl carbamates (subject to hydrolysis) is 1. The highest BCUT2D eigenvalue weighted by molar-refractivity contribution is 5.99. The van der Waals surface area contributed by atoms with Gasteiger partial charge < -0.3 is 25.0 Å². The number of nitrogens with zero attached hydrogens (tertiary/aromatic N) is 1. The van der Waals surface area contributed by atoms with E-state index in [0.717, 1.165) is 17.5 Å². The van der Waals surface area contributed by atoms with Gasteiger partial charge in [0.05, 0.1) is 7.11 Å². The van der Waals surface area contributed by atoms with Crippen molar-refractivity contribution in [1.29, 1.82) is 0 Å². The quantitative estimate of drug-likeness (QED) is 0.260. The summed E-state index contributed by atoms with van der Waals surface area (Å²) >= 11 is 0. The van der Waals surface area contributed by atoms with E-state index in [1.807, 2.05) is 68.4 Å². The van der Waals surface area contributed by atoms with Crippen LogP contribution in [0.25, 0.3) is 0 Å². The topological polar surface area (TPSA) is 97.0 Å². The van der Waals surface area contributed by atoms with Crippen molar-refractivity contribution in [2.75, 3.05) is 19.0 Å². The SMILES string of the molecule is CCCCN(C(=O)C(Cc1ccccc1)NC(=O)OC(C)(C)C)C(C(=O)Nc1ccc(OC)cc1)c1cccc(C)c1. The fraction of sp³-hybridized carbons (Fsp3) is 0.382. The molecule has 3 rings (SSSR count). The Morgan fingerprint density at radius 3 is 2.21 bits per heavy atom. The first kappa shape index (κ1) is 32.2. The Labute approximate surface area is 249 Å². The normalized spacial score (nSPS) is 12.5. The molecule has 8 heteroatoms. The zero-order chi connectivity index (χ0) is 30.7. The van der Waals surface area contributed by atoms with Gasteiger partial charge in [-0.15, -0.1) is 0 Å². The lowest BCUT2D eigenvalue weighted by atomic mass is 9.98. The average Bonchev–Trinajstić information content (AvgIpc) is 2.94. The van der Waals surface area contributed by atoms with Crippen molar-refractivity contribution in [3.05, 3.63) is 95.6 Å². The Bertz CT molecular complexity index is 1320. The van der Waals surface area contributed by atoms with Crippen LogP contribution in [0.2, 0.25) is 0 Å². The molecular formula is C34H43N3O5. The smallest absolute Gasteiger partial charge is 0.408 e. The number of amides is 3. The number of benzene rings is 3. The summed E-state index contributed by atoms with van der Waals surface area (Å²) in [4.78, 5) is 43.0. The number of anilines is 1. The van der Waals surface area contributed by atoms with Gasteiger partial charge in [-0.1, -0.05) is 73.5 Å². The lowest BCUT2D eigenvalue weighted by Crippen LogP contribution is -2.53. The molecule has 8 nitrogen and oxygen atoms in total. The zero-order valence-electron chi connectivity index (χ0n) is 25.5. The molecule has 0 bridgehead atoms. The number of unbranched alkanes of at least 4 members (excludes halogenated alkanes) is 1. The molecule has 42 heavy (non-hydrogen) atoms. The maximum Gasteiger partial charge on any atom is 0.408 e. The second kappa shape index (κ2) is 15.1. The largest absolute Gasteiger partial charge is 0.497 e. The molecule has 2 atom stereocenters. The molecule has 0 aliphatic carbocycles. The van der Waals surface area contributed by atoms with Gasteiger partial charge in [-0.3, -0.25) is 9.59 Å². The molecule has 0 saturated heterocycles. The van der Waals surface area contributed by atoms with Crippen molar-refractivity contribution >= 4 is 23.6 Å². The number of aryl methyl sites for hydroxylation is 1. The molecule has 0 aliphatic rings. The van der Waals surface area contributed by atoms with E-state index in [0.29, 0.717) is 30.0 Å². The predicted octanol–water partition coefficient (Wildman–Crippen LogP) is 6.45. The molecule has 3 aromatic rings. The van der Waals surface area contributed by atoms with E-state index in [4.69, 9.17) is 9.47 Å². The number of carbonyl (C=O) groups is 3. The number of carbonyl (C=O) groups excluding carboxylic acids is 3. The first-order valence-electron chi connectivity index (χ1n) is 14.4. The lowest BCUT2D eigenvalue weighted by Gasteiger charge is -2.34. The second-order valence-electron chi connectivity index (χ2n) is 11.3. The summed E-state index contributed by atoms with van der Waals surface area (Å²) in [6.45, 7) is 9.61. The minimum atomic E-state index is -0.958. The summed E-state index contributed by atoms with van der Waals surface area (Å²) < 4.78 is 10.8. The molecule has 0 spiro atoms. The molecular weight excluding hydrogens is 530 g/mol. The third-order valence-corrected chi connectivity index (χ3v) is 6.58. The van der Waals surface area contributed by atoms with E-state index in [2.05, 4.69) is 10.6 Å². The lowest BCUT2D eigenvalue weighted by molar-refractivity contribution is -0.140. The van der Waals surface area contributed by atoms with Gasteiger partial charge in [-0.05, 0) is 69.5 Å². The van der Waals surface area contributed by atoms with E-state index in [-0.39, 0.29) is 18.2 Å². The van der Waals surface area contributed by atoms with Crippen LogP contribution in [0.4, 0.5) is 10.5 Å². The van der Waals surface area contributed by atoms with Gasteiger partial charge in [-0.2, -0.15) is 0 Å². The summed E-state index contributed by atoms with van der Waals surface area (Å²) in [5.74, 6) is -0.0551. The van der Waals surface area contributed by atoms with Crippen molar-refractivity contribution in [2.45, 2.75) is 71.6 Å². The van der Waals surface area contributed by atoms with Crippen LogP contribution >= 0.6 is 0 Å². The summed E-state index contributed by atoms with van der Waals surface area (Å²) in [5.41, 5.74) is 2.35. The predicted molar refractivity (Wildman–Crippen MR) is 165 cm³/mol. The molecule has 0 fully saturated rings. The minimum absolute atomic E-state index is 0.238. The van der Waals surface area contributed by atoms with Gasteiger partial charge in [0.1, 0.15) is 23.4 Å². The molecule has 0 aliphatic heterocycles. The number of hydrogen-bond acceptors (Lipinski definition) is 5. The molecule has 3 aromatic carbocycles. The fourth-order valence-electron chi connectivity index (χ4n) is 4.59. The Balaban J connectivity index is 2.03. The van der Waals surface area contributed by atoms with Crippen molar-refractivity contribution < 1.29 is 23.9 Å². The highest BCUT2D eigenvalue weighted by Crippen LogP contribution is 2.27. The Morgan fingerprint density at radius 1 is 0.929 bits per heavy atom. The molecule has 0 aromatic heterocycles. The van der Waals surface area contributed by atoms with Crippen LogP contribution in [0.1, 0.15) is 63.3 Å². The Hall–Kier alpha value is -4.33. The van der Waals surface area contributed by atoms with E-state index >= 15 is 0 Å². The molecule has 224 valence electrons. The van der Waals surface area contributed by atoms with Gasteiger partial charge in [-0.25, -0.2) is 4.79 Å². The highest BCUT2D eigenvalue weighted by atomic mass is 16.6. The number of hydrogen-bond donors (Lipinski definition) is 2. The highest BCUT2D eigenvalue weighted by Gasteiger charge is 2.36. The van der Waals surface area contributed by atoms with E-state index < -0.39 is 23.8 Å². The molecule has 0 radical (unpaired) electrons. The van der Waals surface area contributed by atoms with E-state index in [9.17, 15) is 14.4 Å². The molecule has 0 heterocycles. The Kier molecular flexibility index (Phi) is 11.5. The Morgan fingerprint density at radius 2 is 1.62 bits per heavy atom. The van der Waals surface area contributed by atoms with Crippen LogP contribution < -0.4 is 15.4 Å². The van der Waals surface area contributed by atoms with Crippen LogP contribution in [0, 0.1) is 6.92 Å². The summed E-state index contributed by atoms with van der Waals surface area (Å²) in [6.07, 6.45) is 1.03. The third-order valence-electron chi connectivity index (χ3n) is 6.58. The standard InChI is InChI=1S/C34H43N3O5/c1-7-8-21-37(32(39)29(23-25-14-10-9-11-15-25)36-33(40)42-34(3,4)5)30(26-16-12-13-24(2)22-26)31(38)35-27-17-19-28(41-6)20-18-27/h9-20,22,29-30H,7-8,21,23H2,1-6H3,(H,35,38)(H,36,40). The van der Waals surface area contributed by atoms with E-state index in [1.165, 1.54) is 0 Å². The summed E-state index contributed by atoms with van der Waals surface area (Å²) in [5, 5.41) is 5.78. The van der Waals surface area contributed by atoms with Crippen molar-refractivity contribution in [3.8, 4) is 5.75 Å². The van der Waals surface area contributed by atoms with E-state index in [1.54, 1.807) is 57.0 Å². The molecule has 3 amide bonds. The first-order valence-corrected chi connectivity index (χ1v) is 14.4. The maximum absolute atomic E-state index is 14.5. The number of ether oxygens (including phenoxy) is 2. The van der Waals surface area contributed by atoms with Gasteiger partial charge in [0, 0.05) is 18.7 Å². The molecule has 2 N–H and O–H groups in total. The summed E-state index contributed by atoms with van der Waals surface area (Å²) in [6, 6.07) is 22.2. The third kappa shape index (κ3) is 9.65. The minimum Gasteiger partial charge on any atom is -0.497 e. The molecule has 0 saturated carbocycles. The number of rotatable bonds is 12. The number of nitrogens with one attached hydrogen (secondary N) is 2. The average molecular weight is 574 g/mol.